The Bertz CT molecular complexity index is 1070. The maximum atomic E-state index is 13.3. The summed E-state index contributed by atoms with van der Waals surface area (Å²) in [5, 5.41) is 4.67. The molecular formula is C23H27N5O3. The molecule has 31 heavy (non-hydrogen) atoms. The molecule has 0 spiro atoms. The van der Waals surface area contributed by atoms with Gasteiger partial charge in [0, 0.05) is 30.1 Å². The summed E-state index contributed by atoms with van der Waals surface area (Å²) in [7, 11) is 3.16. The van der Waals surface area contributed by atoms with Gasteiger partial charge >= 0.3 is 6.03 Å². The number of hydrogen-bond acceptors (Lipinski definition) is 6. The summed E-state index contributed by atoms with van der Waals surface area (Å²) in [5.41, 5.74) is 8.12. The third-order valence-electron chi connectivity index (χ3n) is 5.70. The van der Waals surface area contributed by atoms with Crippen molar-refractivity contribution in [2.45, 2.75) is 31.8 Å². The number of rotatable bonds is 5. The molecule has 4 rings (SSSR count). The predicted molar refractivity (Wildman–Crippen MR) is 119 cm³/mol. The lowest BCUT2D eigenvalue weighted by Gasteiger charge is -2.35. The highest BCUT2D eigenvalue weighted by molar-refractivity contribution is 6.03. The number of fused-ring (bicyclic) bond motifs is 1. The van der Waals surface area contributed by atoms with Crippen LogP contribution in [0.1, 0.15) is 36.7 Å². The van der Waals surface area contributed by atoms with Crippen LogP contribution >= 0.6 is 0 Å². The van der Waals surface area contributed by atoms with Crippen molar-refractivity contribution in [1.29, 1.82) is 0 Å². The van der Waals surface area contributed by atoms with Crippen LogP contribution in [0.5, 0.6) is 11.5 Å². The summed E-state index contributed by atoms with van der Waals surface area (Å²) in [6.07, 6.45) is 6.34. The Hall–Kier alpha value is -3.39. The first-order chi connectivity index (χ1) is 15.2. The molecule has 1 aliphatic rings. The number of carbonyl (C=O) groups excluding carboxylic acids is 1. The zero-order chi connectivity index (χ0) is 21.8. The van der Waals surface area contributed by atoms with Crippen molar-refractivity contribution in [2.24, 2.45) is 5.73 Å². The second-order valence-electron chi connectivity index (χ2n) is 7.47. The van der Waals surface area contributed by atoms with E-state index in [1.54, 1.807) is 26.6 Å². The number of piperidine rings is 1. The lowest BCUT2D eigenvalue weighted by Crippen LogP contribution is -2.41. The van der Waals surface area contributed by atoms with Gasteiger partial charge in [0.05, 0.1) is 43.5 Å². The zero-order valence-electron chi connectivity index (χ0n) is 17.8. The van der Waals surface area contributed by atoms with Crippen LogP contribution in [0.25, 0.3) is 10.8 Å². The number of methoxy groups -OCH3 is 2. The first kappa shape index (κ1) is 20.9. The molecule has 1 fully saturated rings. The molecule has 3 heterocycles. The van der Waals surface area contributed by atoms with Crippen LogP contribution in [0.4, 0.5) is 10.5 Å². The minimum Gasteiger partial charge on any atom is -0.493 e. The first-order valence-electron chi connectivity index (χ1n) is 10.4. The molecule has 1 atom stereocenters. The molecule has 2 aromatic heterocycles. The van der Waals surface area contributed by atoms with Gasteiger partial charge in [-0.1, -0.05) is 6.07 Å². The first-order valence-corrected chi connectivity index (χ1v) is 10.4. The van der Waals surface area contributed by atoms with Gasteiger partial charge in [0.1, 0.15) is 0 Å². The van der Waals surface area contributed by atoms with Gasteiger partial charge in [0.15, 0.2) is 11.5 Å². The monoisotopic (exact) mass is 421 g/mol. The Morgan fingerprint density at radius 1 is 1.16 bits per heavy atom. The Labute approximate surface area is 181 Å². The van der Waals surface area contributed by atoms with Gasteiger partial charge in [-0.25, -0.2) is 4.79 Å². The second-order valence-corrected chi connectivity index (χ2v) is 7.47. The molecule has 8 nitrogen and oxygen atoms in total. The Kier molecular flexibility index (Phi) is 6.18. The molecule has 3 N–H and O–H groups in total. The third-order valence-corrected chi connectivity index (χ3v) is 5.70. The quantitative estimate of drug-likeness (QED) is 0.648. The van der Waals surface area contributed by atoms with Gasteiger partial charge < -0.3 is 25.4 Å². The minimum absolute atomic E-state index is 0.0490. The fourth-order valence-electron chi connectivity index (χ4n) is 4.13. The number of anilines is 1. The molecule has 8 heteroatoms. The van der Waals surface area contributed by atoms with E-state index in [1.807, 2.05) is 35.2 Å². The molecule has 1 saturated heterocycles. The van der Waals surface area contributed by atoms with Crippen LogP contribution in [0.2, 0.25) is 0 Å². The van der Waals surface area contributed by atoms with E-state index in [-0.39, 0.29) is 18.6 Å². The molecular weight excluding hydrogens is 394 g/mol. The summed E-state index contributed by atoms with van der Waals surface area (Å²) in [4.78, 5) is 24.1. The summed E-state index contributed by atoms with van der Waals surface area (Å²) in [5.74, 6) is 1.16. The van der Waals surface area contributed by atoms with Crippen molar-refractivity contribution in [3.8, 4) is 11.5 Å². The van der Waals surface area contributed by atoms with E-state index in [4.69, 9.17) is 15.2 Å². The molecule has 1 aliphatic heterocycles. The van der Waals surface area contributed by atoms with Gasteiger partial charge in [-0.05, 0) is 43.5 Å². The van der Waals surface area contributed by atoms with Crippen molar-refractivity contribution < 1.29 is 14.3 Å². The molecule has 0 aliphatic carbocycles. The average molecular weight is 422 g/mol. The SMILES string of the molecule is COc1cc2c(NC(=O)N3CCCCC3c3ccccn3)cnc(CN)c2cc1OC. The molecule has 162 valence electrons. The van der Waals surface area contributed by atoms with Crippen molar-refractivity contribution in [2.75, 3.05) is 26.1 Å². The third kappa shape index (κ3) is 4.11. The Balaban J connectivity index is 1.69. The number of hydrogen-bond donors (Lipinski definition) is 2. The largest absolute Gasteiger partial charge is 0.493 e. The molecule has 2 amide bonds. The normalized spacial score (nSPS) is 16.2. The topological polar surface area (TPSA) is 103 Å². The van der Waals surface area contributed by atoms with Crippen LogP contribution in [0, 0.1) is 0 Å². The maximum Gasteiger partial charge on any atom is 0.322 e. The van der Waals surface area contributed by atoms with E-state index >= 15 is 0 Å². The van der Waals surface area contributed by atoms with Crippen LogP contribution in [-0.2, 0) is 6.54 Å². The minimum atomic E-state index is -0.172. The number of urea groups is 1. The van der Waals surface area contributed by atoms with E-state index in [2.05, 4.69) is 15.3 Å². The van der Waals surface area contributed by atoms with E-state index in [0.717, 1.165) is 41.4 Å². The number of nitrogens with zero attached hydrogens (tertiary/aromatic N) is 3. The van der Waals surface area contributed by atoms with E-state index < -0.39 is 0 Å². The van der Waals surface area contributed by atoms with Crippen LogP contribution in [-0.4, -0.2) is 41.7 Å². The number of benzene rings is 1. The lowest BCUT2D eigenvalue weighted by molar-refractivity contribution is 0.161. The summed E-state index contributed by atoms with van der Waals surface area (Å²) in [6.45, 7) is 0.949. The fourth-order valence-corrected chi connectivity index (χ4v) is 4.13. The summed E-state index contributed by atoms with van der Waals surface area (Å²) < 4.78 is 10.9. The molecule has 3 aromatic rings. The van der Waals surface area contributed by atoms with Gasteiger partial charge in [-0.15, -0.1) is 0 Å². The Morgan fingerprint density at radius 2 is 1.94 bits per heavy atom. The van der Waals surface area contributed by atoms with Gasteiger partial charge in [0.25, 0.3) is 0 Å². The molecule has 1 aromatic carbocycles. The number of likely N-dealkylation sites (tertiary alicyclic amines) is 1. The molecule has 1 unspecified atom stereocenters. The highest BCUT2D eigenvalue weighted by Gasteiger charge is 2.29. The van der Waals surface area contributed by atoms with Crippen molar-refractivity contribution in [3.63, 3.8) is 0 Å². The molecule has 0 bridgehead atoms. The number of nitrogens with two attached hydrogens (primary N) is 1. The molecule has 0 saturated carbocycles. The number of pyridine rings is 2. The van der Waals surface area contributed by atoms with Crippen molar-refractivity contribution in [1.82, 2.24) is 14.9 Å². The zero-order valence-corrected chi connectivity index (χ0v) is 17.8. The maximum absolute atomic E-state index is 13.3. The summed E-state index contributed by atoms with van der Waals surface area (Å²) in [6, 6.07) is 9.28. The standard InChI is InChI=1S/C23H27N5O3/c1-30-21-11-15-16(12-22(21)31-2)19(14-26-18(15)13-24)27-23(29)28-10-6-4-8-20(28)17-7-3-5-9-25-17/h3,5,7,9,11-12,14,20H,4,6,8,10,13,24H2,1-2H3,(H,27,29). The average Bonchev–Trinajstić information content (AvgIpc) is 2.83. The van der Waals surface area contributed by atoms with Crippen LogP contribution in [0.3, 0.4) is 0 Å². The van der Waals surface area contributed by atoms with Crippen molar-refractivity contribution in [3.05, 3.63) is 54.1 Å². The summed E-state index contributed by atoms with van der Waals surface area (Å²) >= 11 is 0. The smallest absolute Gasteiger partial charge is 0.322 e. The fraction of sp³-hybridized carbons (Fsp3) is 0.348. The van der Waals surface area contributed by atoms with E-state index in [9.17, 15) is 4.79 Å². The van der Waals surface area contributed by atoms with E-state index in [0.29, 0.717) is 23.7 Å². The van der Waals surface area contributed by atoms with Crippen LogP contribution in [0.15, 0.2) is 42.7 Å². The van der Waals surface area contributed by atoms with E-state index in [1.165, 1.54) is 0 Å². The van der Waals surface area contributed by atoms with Crippen molar-refractivity contribution >= 4 is 22.5 Å². The number of ether oxygens (including phenoxy) is 2. The van der Waals surface area contributed by atoms with Gasteiger partial charge in [-0.3, -0.25) is 9.97 Å². The number of nitrogens with one attached hydrogen (secondary N) is 1. The predicted octanol–water partition coefficient (Wildman–Crippen LogP) is 3.86. The number of aromatic nitrogens is 2. The molecule has 0 radical (unpaired) electrons. The van der Waals surface area contributed by atoms with Gasteiger partial charge in [-0.2, -0.15) is 0 Å². The highest BCUT2D eigenvalue weighted by atomic mass is 16.5. The Morgan fingerprint density at radius 3 is 2.61 bits per heavy atom. The number of carbonyl (C=O) groups is 1. The highest BCUT2D eigenvalue weighted by Crippen LogP contribution is 2.37. The van der Waals surface area contributed by atoms with Crippen LogP contribution < -0.4 is 20.5 Å². The second kappa shape index (κ2) is 9.18. The lowest BCUT2D eigenvalue weighted by atomic mass is 9.99. The van der Waals surface area contributed by atoms with Gasteiger partial charge in [0.2, 0.25) is 0 Å². The number of amides is 2.